The lowest BCUT2D eigenvalue weighted by molar-refractivity contribution is -0.122. The fourth-order valence-electron chi connectivity index (χ4n) is 3.68. The summed E-state index contributed by atoms with van der Waals surface area (Å²) in [4.78, 5) is 10.6. The molecule has 1 rings (SSSR count). The van der Waals surface area contributed by atoms with E-state index in [4.69, 9.17) is 9.90 Å². The van der Waals surface area contributed by atoms with Gasteiger partial charge in [-0.2, -0.15) is 0 Å². The van der Waals surface area contributed by atoms with Gasteiger partial charge in [0, 0.05) is 0 Å². The van der Waals surface area contributed by atoms with Crippen LogP contribution in [0.4, 0.5) is 0 Å². The Balaban J connectivity index is 0. The van der Waals surface area contributed by atoms with E-state index in [9.17, 15) is 0 Å². The van der Waals surface area contributed by atoms with Crippen molar-refractivity contribution in [2.24, 2.45) is 0 Å². The third-order valence-corrected chi connectivity index (χ3v) is 5.46. The average Bonchev–Trinajstić information content (AvgIpc) is 2.69. The lowest BCUT2D eigenvalue weighted by atomic mass is 10.0. The molecule has 1 aliphatic carbocycles. The molecule has 0 atom stereocenters. The third-order valence-electron chi connectivity index (χ3n) is 5.46. The van der Waals surface area contributed by atoms with Crippen molar-refractivity contribution in [2.45, 2.75) is 135 Å². The van der Waals surface area contributed by atoms with E-state index in [0.29, 0.717) is 0 Å². The van der Waals surface area contributed by atoms with Crippen molar-refractivity contribution in [1.29, 1.82) is 0 Å². The van der Waals surface area contributed by atoms with Crippen LogP contribution in [-0.2, 0) is 4.79 Å². The maximum Gasteiger partial charge on any atom is 0.290 e. The molecule has 1 N–H and O–H groups in total. The predicted molar refractivity (Wildman–Crippen MR) is 125 cm³/mol. The Morgan fingerprint density at radius 3 is 1.11 bits per heavy atom. The average molecular weight is 400 g/mol. The first-order valence-electron chi connectivity index (χ1n) is 12.4. The summed E-state index contributed by atoms with van der Waals surface area (Å²) in [5, 5.41) is 6.89. The molecule has 1 saturated carbocycles. The second kappa shape index (κ2) is 28.6. The molecule has 1 aliphatic rings. The summed E-state index contributed by atoms with van der Waals surface area (Å²) in [5.74, 6) is 0. The Hall–Kier alpha value is -0.570. The summed E-state index contributed by atoms with van der Waals surface area (Å²) in [7, 11) is 4.32. The fraction of sp³-hybridized carbons (Fsp3) is 0.960. The van der Waals surface area contributed by atoms with Crippen molar-refractivity contribution < 1.29 is 9.90 Å². The van der Waals surface area contributed by atoms with Crippen molar-refractivity contribution in [1.82, 2.24) is 4.90 Å². The number of hydrogen-bond acceptors (Lipinski definition) is 2. The van der Waals surface area contributed by atoms with E-state index >= 15 is 0 Å². The maximum absolute atomic E-state index is 8.36. The van der Waals surface area contributed by atoms with Gasteiger partial charge in [0.1, 0.15) is 0 Å². The molecule has 0 radical (unpaired) electrons. The summed E-state index contributed by atoms with van der Waals surface area (Å²) in [6.07, 6.45) is 29.4. The van der Waals surface area contributed by atoms with Crippen LogP contribution in [0.1, 0.15) is 135 Å². The maximum atomic E-state index is 8.36. The number of rotatable bonds is 11. The van der Waals surface area contributed by atoms with Crippen LogP contribution >= 0.6 is 0 Å². The van der Waals surface area contributed by atoms with Crippen molar-refractivity contribution >= 4 is 6.47 Å². The highest BCUT2D eigenvalue weighted by Gasteiger charge is 1.96. The molecule has 0 amide bonds. The van der Waals surface area contributed by atoms with Crippen LogP contribution in [-0.4, -0.2) is 37.1 Å². The minimum Gasteiger partial charge on any atom is -0.483 e. The van der Waals surface area contributed by atoms with Gasteiger partial charge in [-0.05, 0) is 27.1 Å². The lowest BCUT2D eigenvalue weighted by Gasteiger charge is -2.08. The van der Waals surface area contributed by atoms with Crippen LogP contribution in [0.5, 0.6) is 0 Å². The second-order valence-electron chi connectivity index (χ2n) is 8.63. The molecule has 0 aromatic carbocycles. The largest absolute Gasteiger partial charge is 0.483 e. The van der Waals surface area contributed by atoms with Gasteiger partial charge in [-0.1, -0.05) is 129 Å². The van der Waals surface area contributed by atoms with Gasteiger partial charge < -0.3 is 10.0 Å². The molecule has 3 nitrogen and oxygen atoms in total. The monoisotopic (exact) mass is 399 g/mol. The molecule has 28 heavy (non-hydrogen) atoms. The van der Waals surface area contributed by atoms with Crippen molar-refractivity contribution in [3.63, 3.8) is 0 Å². The number of hydrogen-bond donors (Lipinski definition) is 1. The Morgan fingerprint density at radius 2 is 0.857 bits per heavy atom. The molecule has 1 fully saturated rings. The van der Waals surface area contributed by atoms with Crippen LogP contribution < -0.4 is 0 Å². The zero-order valence-electron chi connectivity index (χ0n) is 19.7. The molecule has 170 valence electrons. The van der Waals surface area contributed by atoms with Crippen LogP contribution in [0.3, 0.4) is 0 Å². The highest BCUT2D eigenvalue weighted by atomic mass is 16.3. The van der Waals surface area contributed by atoms with E-state index < -0.39 is 0 Å². The molecule has 0 spiro atoms. The van der Waals surface area contributed by atoms with Gasteiger partial charge in [-0.15, -0.1) is 0 Å². The van der Waals surface area contributed by atoms with Crippen LogP contribution in [0, 0.1) is 0 Å². The normalized spacial score (nSPS) is 15.0. The van der Waals surface area contributed by atoms with E-state index in [0.717, 1.165) is 0 Å². The standard InChI is InChI=1S/C14H31N.C10H20.CH2O2/c1-4-5-6-7-8-9-10-11-12-13-14-15(2)3;1-2-4-6-8-10-9-7-5-3-1;2-1-3/h4-14H2,1-3H3;1-10H2;1H,(H,2,3). The molecular formula is C25H53NO2. The van der Waals surface area contributed by atoms with Crippen molar-refractivity contribution in [3.05, 3.63) is 0 Å². The van der Waals surface area contributed by atoms with Crippen molar-refractivity contribution in [2.75, 3.05) is 20.6 Å². The van der Waals surface area contributed by atoms with E-state index in [1.807, 2.05) is 0 Å². The Kier molecular flexibility index (Phi) is 30.3. The van der Waals surface area contributed by atoms with Gasteiger partial charge >= 0.3 is 0 Å². The van der Waals surface area contributed by atoms with Gasteiger partial charge in [-0.3, -0.25) is 4.79 Å². The van der Waals surface area contributed by atoms with E-state index in [1.165, 1.54) is 135 Å². The SMILES string of the molecule is C1CCCCCCCCC1.CCCCCCCCCCCCN(C)C.O=CO. The number of carbonyl (C=O) groups is 1. The molecule has 0 unspecified atom stereocenters. The molecule has 0 bridgehead atoms. The first-order chi connectivity index (χ1) is 13.7. The molecule has 3 heteroatoms. The van der Waals surface area contributed by atoms with Gasteiger partial charge in [0.15, 0.2) is 0 Å². The molecule has 0 heterocycles. The lowest BCUT2D eigenvalue weighted by Crippen LogP contribution is -2.12. The summed E-state index contributed by atoms with van der Waals surface area (Å²) in [6.45, 7) is 3.29. The third kappa shape index (κ3) is 33.0. The van der Waals surface area contributed by atoms with Crippen molar-refractivity contribution in [3.8, 4) is 0 Å². The zero-order valence-corrected chi connectivity index (χ0v) is 19.7. The fourth-order valence-corrected chi connectivity index (χ4v) is 3.68. The molecular weight excluding hydrogens is 346 g/mol. The van der Waals surface area contributed by atoms with E-state index in [-0.39, 0.29) is 6.47 Å². The smallest absolute Gasteiger partial charge is 0.290 e. The quantitative estimate of drug-likeness (QED) is 0.282. The van der Waals surface area contributed by atoms with Gasteiger partial charge in [0.25, 0.3) is 6.47 Å². The Labute approximate surface area is 177 Å². The minimum atomic E-state index is -0.250. The second-order valence-corrected chi connectivity index (χ2v) is 8.63. The van der Waals surface area contributed by atoms with Gasteiger partial charge in [0.2, 0.25) is 0 Å². The summed E-state index contributed by atoms with van der Waals surface area (Å²) in [6, 6.07) is 0. The van der Waals surface area contributed by atoms with Crippen LogP contribution in [0.15, 0.2) is 0 Å². The summed E-state index contributed by atoms with van der Waals surface area (Å²) in [5.41, 5.74) is 0. The van der Waals surface area contributed by atoms with Crippen LogP contribution in [0.25, 0.3) is 0 Å². The summed E-state index contributed by atoms with van der Waals surface area (Å²) >= 11 is 0. The van der Waals surface area contributed by atoms with E-state index in [1.54, 1.807) is 0 Å². The number of nitrogens with zero attached hydrogens (tertiary/aromatic N) is 1. The van der Waals surface area contributed by atoms with Crippen LogP contribution in [0.2, 0.25) is 0 Å². The highest BCUT2D eigenvalue weighted by Crippen LogP contribution is 2.15. The molecule has 0 aromatic heterocycles. The number of unbranched alkanes of at least 4 members (excludes halogenated alkanes) is 9. The molecule has 0 saturated heterocycles. The minimum absolute atomic E-state index is 0.250. The van der Waals surface area contributed by atoms with Gasteiger partial charge in [0.05, 0.1) is 0 Å². The van der Waals surface area contributed by atoms with E-state index in [2.05, 4.69) is 25.9 Å². The molecule has 0 aliphatic heterocycles. The Bertz CT molecular complexity index is 236. The topological polar surface area (TPSA) is 40.5 Å². The highest BCUT2D eigenvalue weighted by molar-refractivity contribution is 5.32. The van der Waals surface area contributed by atoms with Gasteiger partial charge in [-0.25, -0.2) is 0 Å². The zero-order chi connectivity index (χ0) is 21.1. The Morgan fingerprint density at radius 1 is 0.607 bits per heavy atom. The predicted octanol–water partition coefficient (Wildman–Crippen LogP) is 8.07. The summed E-state index contributed by atoms with van der Waals surface area (Å²) < 4.78 is 0. The molecule has 0 aromatic rings. The number of carboxylic acid groups (broad SMARTS) is 1. The first kappa shape index (κ1) is 29.6. The first-order valence-corrected chi connectivity index (χ1v) is 12.4.